The van der Waals surface area contributed by atoms with Gasteiger partial charge in [0.05, 0.1) is 16.8 Å². The zero-order valence-corrected chi connectivity index (χ0v) is 16.4. The summed E-state index contributed by atoms with van der Waals surface area (Å²) in [6.45, 7) is 5.88. The highest BCUT2D eigenvalue weighted by atomic mass is 32.1. The highest BCUT2D eigenvalue weighted by Gasteiger charge is 2.14. The molecule has 0 spiro atoms. The lowest BCUT2D eigenvalue weighted by Crippen LogP contribution is -2.21. The molecule has 0 atom stereocenters. The van der Waals surface area contributed by atoms with Gasteiger partial charge in [0, 0.05) is 30.4 Å². The molecule has 1 aromatic heterocycles. The van der Waals surface area contributed by atoms with Gasteiger partial charge in [0.15, 0.2) is 10.6 Å². The van der Waals surface area contributed by atoms with E-state index in [-0.39, 0.29) is 16.9 Å². The molecule has 0 radical (unpaired) electrons. The predicted octanol–water partition coefficient (Wildman–Crippen LogP) is 4.20. The second kappa shape index (κ2) is 8.36. The van der Waals surface area contributed by atoms with Crippen LogP contribution in [-0.2, 0) is 6.54 Å². The molecule has 0 saturated heterocycles. The molecule has 144 valence electrons. The third kappa shape index (κ3) is 3.82. The Kier molecular flexibility index (Phi) is 5.90. The maximum atomic E-state index is 14.2. The highest BCUT2D eigenvalue weighted by Crippen LogP contribution is 2.22. The summed E-state index contributed by atoms with van der Waals surface area (Å²) < 4.78 is 29.5. The molecule has 28 heavy (non-hydrogen) atoms. The van der Waals surface area contributed by atoms with Crippen LogP contribution < -0.4 is 9.70 Å². The predicted molar refractivity (Wildman–Crippen MR) is 108 cm³/mol. The summed E-state index contributed by atoms with van der Waals surface area (Å²) in [5.41, 5.74) is 1.57. The number of thiazole rings is 1. The molecule has 0 fully saturated rings. The number of terminal acetylenes is 1. The second-order valence-corrected chi connectivity index (χ2v) is 7.05. The summed E-state index contributed by atoms with van der Waals surface area (Å²) in [7, 11) is 0. The monoisotopic (exact) mass is 399 g/mol. The molecule has 1 amide bonds. The summed E-state index contributed by atoms with van der Waals surface area (Å²) in [6, 6.07) is 9.14. The Labute approximate surface area is 165 Å². The Balaban J connectivity index is 2.04. The first-order valence-corrected chi connectivity index (χ1v) is 9.66. The van der Waals surface area contributed by atoms with E-state index in [0.717, 1.165) is 36.2 Å². The van der Waals surface area contributed by atoms with Crippen molar-refractivity contribution in [3.8, 4) is 12.3 Å². The van der Waals surface area contributed by atoms with Gasteiger partial charge in [0.25, 0.3) is 5.91 Å². The van der Waals surface area contributed by atoms with Crippen molar-refractivity contribution in [2.45, 2.75) is 20.4 Å². The van der Waals surface area contributed by atoms with Gasteiger partial charge in [-0.1, -0.05) is 17.3 Å². The zero-order valence-electron chi connectivity index (χ0n) is 15.6. The largest absolute Gasteiger partial charge is 0.372 e. The number of benzene rings is 2. The molecule has 0 bridgehead atoms. The average Bonchev–Trinajstić information content (AvgIpc) is 3.00. The van der Waals surface area contributed by atoms with Crippen molar-refractivity contribution in [1.29, 1.82) is 0 Å². The van der Waals surface area contributed by atoms with Gasteiger partial charge in [-0.2, -0.15) is 4.99 Å². The molecule has 0 aliphatic heterocycles. The number of hydrogen-bond acceptors (Lipinski definition) is 3. The SMILES string of the molecule is C#CCn1c(=NC(=O)c2ccc(N(CC)CC)cc2)sc2cc(F)cc(F)c21. The van der Waals surface area contributed by atoms with Crippen molar-refractivity contribution in [2.75, 3.05) is 18.0 Å². The summed E-state index contributed by atoms with van der Waals surface area (Å²) in [4.78, 5) is 19.1. The fraction of sp³-hybridized carbons (Fsp3) is 0.238. The normalized spacial score (nSPS) is 11.6. The van der Waals surface area contributed by atoms with Gasteiger partial charge in [0.1, 0.15) is 5.82 Å². The van der Waals surface area contributed by atoms with Gasteiger partial charge in [-0.3, -0.25) is 4.79 Å². The van der Waals surface area contributed by atoms with Crippen molar-refractivity contribution in [3.05, 3.63) is 58.4 Å². The number of nitrogens with zero attached hydrogens (tertiary/aromatic N) is 3. The highest BCUT2D eigenvalue weighted by molar-refractivity contribution is 7.16. The van der Waals surface area contributed by atoms with E-state index in [0.29, 0.717) is 10.3 Å². The number of rotatable bonds is 5. The van der Waals surface area contributed by atoms with Crippen molar-refractivity contribution in [3.63, 3.8) is 0 Å². The number of amides is 1. The molecule has 0 unspecified atom stereocenters. The van der Waals surface area contributed by atoms with Crippen LogP contribution in [0.3, 0.4) is 0 Å². The Hall–Kier alpha value is -2.98. The maximum absolute atomic E-state index is 14.2. The number of fused-ring (bicyclic) bond motifs is 1. The Bertz CT molecular complexity index is 1120. The molecule has 0 aliphatic rings. The second-order valence-electron chi connectivity index (χ2n) is 6.05. The summed E-state index contributed by atoms with van der Waals surface area (Å²) in [6.07, 6.45) is 5.38. The van der Waals surface area contributed by atoms with Crippen LogP contribution >= 0.6 is 11.3 Å². The molecular weight excluding hydrogens is 380 g/mol. The van der Waals surface area contributed by atoms with Crippen molar-refractivity contribution in [2.24, 2.45) is 4.99 Å². The lowest BCUT2D eigenvalue weighted by molar-refractivity contribution is 0.0998. The third-order valence-corrected chi connectivity index (χ3v) is 5.41. The number of anilines is 1. The molecule has 3 rings (SSSR count). The van der Waals surface area contributed by atoms with Crippen LogP contribution in [0.2, 0.25) is 0 Å². The van der Waals surface area contributed by atoms with Gasteiger partial charge >= 0.3 is 0 Å². The van der Waals surface area contributed by atoms with Crippen molar-refractivity contribution >= 4 is 33.1 Å². The lowest BCUT2D eigenvalue weighted by Gasteiger charge is -2.20. The fourth-order valence-corrected chi connectivity index (χ4v) is 4.07. The van der Waals surface area contributed by atoms with E-state index in [1.54, 1.807) is 12.1 Å². The Morgan fingerprint density at radius 3 is 2.50 bits per heavy atom. The molecule has 3 aromatic rings. The maximum Gasteiger partial charge on any atom is 0.279 e. The molecule has 1 heterocycles. The third-order valence-electron chi connectivity index (χ3n) is 4.38. The van der Waals surface area contributed by atoms with Gasteiger partial charge in [-0.15, -0.1) is 6.42 Å². The van der Waals surface area contributed by atoms with Crippen molar-refractivity contribution in [1.82, 2.24) is 4.57 Å². The van der Waals surface area contributed by atoms with E-state index in [1.165, 1.54) is 10.6 Å². The number of hydrogen-bond donors (Lipinski definition) is 0. The minimum atomic E-state index is -0.737. The smallest absolute Gasteiger partial charge is 0.279 e. The van der Waals surface area contributed by atoms with Gasteiger partial charge < -0.3 is 9.47 Å². The zero-order chi connectivity index (χ0) is 20.3. The Morgan fingerprint density at radius 2 is 1.89 bits per heavy atom. The minimum Gasteiger partial charge on any atom is -0.372 e. The van der Waals surface area contributed by atoms with Crippen LogP contribution in [0.5, 0.6) is 0 Å². The standard InChI is InChI=1S/C21H19F2N3OS/c1-4-11-26-19-17(23)12-15(22)13-18(19)28-21(26)24-20(27)14-7-9-16(10-8-14)25(5-2)6-3/h1,7-10,12-13H,5-6,11H2,2-3H3. The number of carbonyl (C=O) groups is 1. The van der Waals surface area contributed by atoms with Crippen molar-refractivity contribution < 1.29 is 13.6 Å². The summed E-state index contributed by atoms with van der Waals surface area (Å²) in [5, 5.41) is 0. The quantitative estimate of drug-likeness (QED) is 0.603. The topological polar surface area (TPSA) is 37.6 Å². The van der Waals surface area contributed by atoms with Crippen LogP contribution in [0, 0.1) is 24.0 Å². The van der Waals surface area contributed by atoms with Gasteiger partial charge in [-0.05, 0) is 44.2 Å². The molecule has 7 heteroatoms. The number of aromatic nitrogens is 1. The molecule has 0 aliphatic carbocycles. The van der Waals surface area contributed by atoms with Crippen LogP contribution in [0.25, 0.3) is 10.2 Å². The van der Waals surface area contributed by atoms with E-state index in [1.807, 2.05) is 12.1 Å². The summed E-state index contributed by atoms with van der Waals surface area (Å²) >= 11 is 1.02. The van der Waals surface area contributed by atoms with E-state index in [9.17, 15) is 13.6 Å². The average molecular weight is 399 g/mol. The van der Waals surface area contributed by atoms with Crippen LogP contribution in [-0.4, -0.2) is 23.6 Å². The van der Waals surface area contributed by atoms with E-state index < -0.39 is 17.5 Å². The first-order valence-electron chi connectivity index (χ1n) is 8.84. The molecule has 4 nitrogen and oxygen atoms in total. The van der Waals surface area contributed by atoms with Crippen LogP contribution in [0.1, 0.15) is 24.2 Å². The molecule has 0 saturated carbocycles. The number of halogens is 2. The molecule has 0 N–H and O–H groups in total. The van der Waals surface area contributed by atoms with Crippen LogP contribution in [0.15, 0.2) is 41.4 Å². The first kappa shape index (κ1) is 19.8. The minimum absolute atomic E-state index is 0.0234. The van der Waals surface area contributed by atoms with E-state index in [2.05, 4.69) is 29.7 Å². The van der Waals surface area contributed by atoms with Gasteiger partial charge in [0.2, 0.25) is 0 Å². The van der Waals surface area contributed by atoms with Crippen LogP contribution in [0.4, 0.5) is 14.5 Å². The summed E-state index contributed by atoms with van der Waals surface area (Å²) in [5.74, 6) is 0.527. The first-order chi connectivity index (χ1) is 13.5. The Morgan fingerprint density at radius 1 is 1.21 bits per heavy atom. The molecular formula is C21H19F2N3OS. The van der Waals surface area contributed by atoms with Gasteiger partial charge in [-0.25, -0.2) is 8.78 Å². The fourth-order valence-electron chi connectivity index (χ4n) is 3.01. The van der Waals surface area contributed by atoms with E-state index >= 15 is 0 Å². The van der Waals surface area contributed by atoms with E-state index in [4.69, 9.17) is 6.42 Å². The number of carbonyl (C=O) groups excluding carboxylic acids is 1. The lowest BCUT2D eigenvalue weighted by atomic mass is 10.2. The molecule has 2 aromatic carbocycles.